The molecule has 4 nitrogen and oxygen atoms in total. The second-order valence-corrected chi connectivity index (χ2v) is 3.13. The van der Waals surface area contributed by atoms with E-state index in [1.165, 1.54) is 0 Å². The maximum Gasteiger partial charge on any atom is 0.506 e. The number of ether oxygens (including phenoxy) is 1. The number of hydrogen-bond acceptors (Lipinski definition) is 3. The Morgan fingerprint density at radius 1 is 1.45 bits per heavy atom. The molecule has 0 bridgehead atoms. The zero-order valence-corrected chi connectivity index (χ0v) is 7.55. The fourth-order valence-electron chi connectivity index (χ4n) is 0.343. The molecule has 0 radical (unpaired) electrons. The molecular weight excluding hydrogens is 146 g/mol. The summed E-state index contributed by atoms with van der Waals surface area (Å²) in [7, 11) is 0. The van der Waals surface area contributed by atoms with Gasteiger partial charge in [-0.05, 0) is 19.8 Å². The number of rotatable bonds is 2. The van der Waals surface area contributed by atoms with Crippen molar-refractivity contribution in [2.75, 3.05) is 0 Å². The molecule has 0 aromatic carbocycles. The van der Waals surface area contributed by atoms with Crippen molar-refractivity contribution in [3.8, 4) is 0 Å². The Morgan fingerprint density at radius 2 is 1.82 bits per heavy atom. The van der Waals surface area contributed by atoms with Crippen LogP contribution in [0.3, 0.4) is 0 Å². The first-order valence-electron chi connectivity index (χ1n) is 3.28. The van der Waals surface area contributed by atoms with E-state index in [2.05, 4.69) is 4.74 Å². The minimum absolute atomic E-state index is 0. The molecule has 0 atom stereocenters. The van der Waals surface area contributed by atoms with Crippen molar-refractivity contribution in [3.05, 3.63) is 0 Å². The molecule has 0 unspecified atom stereocenters. The maximum atomic E-state index is 10.1. The zero-order valence-electron chi connectivity index (χ0n) is 7.55. The van der Waals surface area contributed by atoms with Crippen LogP contribution in [0, 0.1) is 5.92 Å². The van der Waals surface area contributed by atoms with E-state index in [0.717, 1.165) is 0 Å². The normalized spacial score (nSPS) is 10.6. The zero-order chi connectivity index (χ0) is 8.36. The summed E-state index contributed by atoms with van der Waals surface area (Å²) < 4.78 is 4.62. The molecule has 0 fully saturated rings. The molecule has 0 aromatic heterocycles. The van der Waals surface area contributed by atoms with E-state index in [-0.39, 0.29) is 12.1 Å². The first-order valence-corrected chi connectivity index (χ1v) is 3.28. The van der Waals surface area contributed by atoms with Crippen LogP contribution >= 0.6 is 0 Å². The molecule has 0 aliphatic rings. The van der Waals surface area contributed by atoms with Gasteiger partial charge in [0.2, 0.25) is 0 Å². The molecule has 0 rings (SSSR count). The average molecular weight is 163 g/mol. The molecule has 4 N–H and O–H groups in total. The quantitative estimate of drug-likeness (QED) is 0.612. The third-order valence-electron chi connectivity index (χ3n) is 1.74. The summed E-state index contributed by atoms with van der Waals surface area (Å²) in [4.78, 5) is 10.1. The van der Waals surface area contributed by atoms with Gasteiger partial charge < -0.3 is 16.0 Å². The monoisotopic (exact) mass is 163 g/mol. The predicted octanol–water partition coefficient (Wildman–Crippen LogP) is 2.28. The van der Waals surface area contributed by atoms with Gasteiger partial charge in [-0.15, -0.1) is 0 Å². The van der Waals surface area contributed by atoms with Gasteiger partial charge in [-0.25, -0.2) is 4.79 Å². The molecule has 0 aromatic rings. The fraction of sp³-hybridized carbons (Fsp3) is 0.857. The summed E-state index contributed by atoms with van der Waals surface area (Å²) in [6.45, 7) is 7.35. The van der Waals surface area contributed by atoms with E-state index < -0.39 is 11.8 Å². The number of carbonyl (C=O) groups is 1. The molecule has 0 aliphatic carbocycles. The van der Waals surface area contributed by atoms with Crippen molar-refractivity contribution in [2.24, 2.45) is 5.92 Å². The second kappa shape index (κ2) is 4.18. The first kappa shape index (κ1) is 12.9. The van der Waals surface area contributed by atoms with Gasteiger partial charge in [0.1, 0.15) is 5.60 Å². The number of carboxylic acid groups (broad SMARTS) is 1. The highest BCUT2D eigenvalue weighted by molar-refractivity contribution is 5.57. The molecule has 4 heteroatoms. The van der Waals surface area contributed by atoms with Gasteiger partial charge in [-0.3, -0.25) is 0 Å². The van der Waals surface area contributed by atoms with Gasteiger partial charge in [0.05, 0.1) is 0 Å². The fourth-order valence-corrected chi connectivity index (χ4v) is 0.343. The summed E-state index contributed by atoms with van der Waals surface area (Å²) in [6, 6.07) is 0. The summed E-state index contributed by atoms with van der Waals surface area (Å²) in [5.74, 6) is 0.198. The van der Waals surface area contributed by atoms with Crippen LogP contribution in [0.25, 0.3) is 0 Å². The molecule has 0 saturated heterocycles. The lowest BCUT2D eigenvalue weighted by Crippen LogP contribution is -2.33. The van der Waals surface area contributed by atoms with Crippen LogP contribution in [0.1, 0.15) is 27.7 Å². The van der Waals surface area contributed by atoms with Crippen LogP contribution in [0.2, 0.25) is 0 Å². The van der Waals surface area contributed by atoms with Crippen LogP contribution in [0.5, 0.6) is 0 Å². The Labute approximate surface area is 67.1 Å². The largest absolute Gasteiger partial charge is 0.506 e. The van der Waals surface area contributed by atoms with Gasteiger partial charge in [0, 0.05) is 0 Å². The van der Waals surface area contributed by atoms with Crippen molar-refractivity contribution in [1.82, 2.24) is 6.15 Å². The van der Waals surface area contributed by atoms with E-state index in [4.69, 9.17) is 5.11 Å². The predicted molar refractivity (Wildman–Crippen MR) is 43.0 cm³/mol. The molecule has 0 saturated carbocycles. The van der Waals surface area contributed by atoms with Crippen LogP contribution < -0.4 is 6.15 Å². The van der Waals surface area contributed by atoms with Crippen molar-refractivity contribution >= 4 is 6.16 Å². The lowest BCUT2D eigenvalue weighted by atomic mass is 9.95. The Morgan fingerprint density at radius 3 is 1.91 bits per heavy atom. The van der Waals surface area contributed by atoms with Gasteiger partial charge >= 0.3 is 6.16 Å². The van der Waals surface area contributed by atoms with Crippen LogP contribution in [-0.2, 0) is 4.74 Å². The smallest absolute Gasteiger partial charge is 0.450 e. The topological polar surface area (TPSA) is 81.5 Å². The third-order valence-corrected chi connectivity index (χ3v) is 1.74. The molecule has 0 spiro atoms. The summed E-state index contributed by atoms with van der Waals surface area (Å²) in [6.07, 6.45) is -1.21. The lowest BCUT2D eigenvalue weighted by Gasteiger charge is -2.27. The summed E-state index contributed by atoms with van der Waals surface area (Å²) in [5.41, 5.74) is -0.578. The van der Waals surface area contributed by atoms with Gasteiger partial charge in [-0.2, -0.15) is 0 Å². The van der Waals surface area contributed by atoms with Gasteiger partial charge in [0.25, 0.3) is 0 Å². The summed E-state index contributed by atoms with van der Waals surface area (Å²) >= 11 is 0. The number of hydrogen-bond donors (Lipinski definition) is 2. The highest BCUT2D eigenvalue weighted by Gasteiger charge is 2.26. The Hall–Kier alpha value is -0.770. The maximum absolute atomic E-state index is 10.1. The van der Waals surface area contributed by atoms with Crippen molar-refractivity contribution in [1.29, 1.82) is 0 Å². The minimum atomic E-state index is -1.21. The standard InChI is InChI=1S/C7H14O3.H3N/c1-5(2)7(3,4)10-6(8)9;/h5H,1-4H3,(H,8,9);1H3. The third kappa shape index (κ3) is 4.61. The van der Waals surface area contributed by atoms with E-state index in [9.17, 15) is 4.79 Å². The highest BCUT2D eigenvalue weighted by atomic mass is 16.7. The minimum Gasteiger partial charge on any atom is -0.450 e. The van der Waals surface area contributed by atoms with Gasteiger partial charge in [0.15, 0.2) is 0 Å². The Kier molecular flexibility index (Phi) is 4.89. The van der Waals surface area contributed by atoms with Gasteiger partial charge in [-0.1, -0.05) is 13.8 Å². The van der Waals surface area contributed by atoms with Crippen LogP contribution in [0.4, 0.5) is 4.79 Å². The molecular formula is C7H17NO3. The van der Waals surface area contributed by atoms with Crippen molar-refractivity contribution in [2.45, 2.75) is 33.3 Å². The van der Waals surface area contributed by atoms with Crippen LogP contribution in [-0.4, -0.2) is 16.9 Å². The molecule has 68 valence electrons. The average Bonchev–Trinajstić information content (AvgIpc) is 1.60. The van der Waals surface area contributed by atoms with E-state index in [0.29, 0.717) is 0 Å². The lowest BCUT2D eigenvalue weighted by molar-refractivity contribution is -0.0234. The SMILES string of the molecule is CC(C)C(C)(C)OC(=O)O.N. The van der Waals surface area contributed by atoms with Crippen molar-refractivity contribution in [3.63, 3.8) is 0 Å². The molecule has 0 heterocycles. The van der Waals surface area contributed by atoms with E-state index in [1.54, 1.807) is 13.8 Å². The first-order chi connectivity index (χ1) is 4.36. The Balaban J connectivity index is 0. The molecule has 0 aliphatic heterocycles. The van der Waals surface area contributed by atoms with Crippen molar-refractivity contribution < 1.29 is 14.6 Å². The van der Waals surface area contributed by atoms with E-state index >= 15 is 0 Å². The summed E-state index contributed by atoms with van der Waals surface area (Å²) in [5, 5.41) is 8.28. The highest BCUT2D eigenvalue weighted by Crippen LogP contribution is 2.19. The van der Waals surface area contributed by atoms with Crippen LogP contribution in [0.15, 0.2) is 0 Å². The molecule has 11 heavy (non-hydrogen) atoms. The second-order valence-electron chi connectivity index (χ2n) is 3.13. The Bertz CT molecular complexity index is 132. The molecule has 0 amide bonds. The van der Waals surface area contributed by atoms with E-state index in [1.807, 2.05) is 13.8 Å².